The summed E-state index contributed by atoms with van der Waals surface area (Å²) in [4.78, 5) is 32.8. The second-order valence-corrected chi connectivity index (χ2v) is 8.39. The van der Waals surface area contributed by atoms with Crippen LogP contribution < -0.4 is 15.0 Å². The van der Waals surface area contributed by atoms with Gasteiger partial charge in [-0.25, -0.2) is 9.78 Å². The first-order valence-electron chi connectivity index (χ1n) is 9.86. The third-order valence-corrected chi connectivity index (χ3v) is 5.09. The molecule has 1 heterocycles. The molecular weight excluding hydrogens is 374 g/mol. The number of ether oxygens (including phenoxy) is 3. The van der Waals surface area contributed by atoms with Crippen LogP contribution in [0.25, 0.3) is 10.9 Å². The van der Waals surface area contributed by atoms with Crippen LogP contribution in [-0.4, -0.2) is 52.9 Å². The van der Waals surface area contributed by atoms with Crippen molar-refractivity contribution in [2.45, 2.75) is 64.2 Å². The van der Waals surface area contributed by atoms with Crippen LogP contribution in [0.15, 0.2) is 23.3 Å². The van der Waals surface area contributed by atoms with Gasteiger partial charge in [0.25, 0.3) is 5.56 Å². The Morgan fingerprint density at radius 3 is 2.48 bits per heavy atom. The number of rotatable bonds is 4. The molecule has 1 aliphatic carbocycles. The molecule has 0 unspecified atom stereocenters. The monoisotopic (exact) mass is 403 g/mol. The number of H-pyrrole nitrogens is 1. The van der Waals surface area contributed by atoms with Gasteiger partial charge in [-0.1, -0.05) is 0 Å². The lowest BCUT2D eigenvalue weighted by atomic mass is 9.92. The summed E-state index contributed by atoms with van der Waals surface area (Å²) in [6.45, 7) is 5.59. The molecule has 0 aliphatic heterocycles. The normalized spacial score (nSPS) is 19.6. The van der Waals surface area contributed by atoms with Gasteiger partial charge in [0.2, 0.25) is 0 Å². The molecule has 1 aromatic carbocycles. The minimum atomic E-state index is -0.509. The largest absolute Gasteiger partial charge is 0.493 e. The van der Waals surface area contributed by atoms with Crippen LogP contribution in [0.5, 0.6) is 11.5 Å². The third-order valence-electron chi connectivity index (χ3n) is 5.09. The number of benzene rings is 1. The van der Waals surface area contributed by atoms with Crippen LogP contribution >= 0.6 is 0 Å². The van der Waals surface area contributed by atoms with Crippen molar-refractivity contribution in [3.63, 3.8) is 0 Å². The number of hydrogen-bond donors (Lipinski definition) is 1. The summed E-state index contributed by atoms with van der Waals surface area (Å²) in [5.41, 5.74) is -0.170. The number of nitrogens with one attached hydrogen (secondary N) is 1. The first kappa shape index (κ1) is 21.0. The molecule has 3 rings (SSSR count). The summed E-state index contributed by atoms with van der Waals surface area (Å²) in [6, 6.07) is 3.51. The highest BCUT2D eigenvalue weighted by Crippen LogP contribution is 2.34. The number of nitrogens with zero attached hydrogens (tertiary/aromatic N) is 2. The van der Waals surface area contributed by atoms with Crippen molar-refractivity contribution < 1.29 is 19.0 Å². The van der Waals surface area contributed by atoms with Gasteiger partial charge in [0, 0.05) is 19.2 Å². The Morgan fingerprint density at radius 1 is 1.17 bits per heavy atom. The van der Waals surface area contributed by atoms with E-state index >= 15 is 0 Å². The predicted octanol–water partition coefficient (Wildman–Crippen LogP) is 3.49. The zero-order chi connectivity index (χ0) is 21.2. The molecule has 158 valence electrons. The predicted molar refractivity (Wildman–Crippen MR) is 110 cm³/mol. The molecule has 1 aliphatic rings. The van der Waals surface area contributed by atoms with Crippen LogP contribution in [0.4, 0.5) is 4.79 Å². The van der Waals surface area contributed by atoms with Gasteiger partial charge in [-0.05, 0) is 52.5 Å². The second-order valence-electron chi connectivity index (χ2n) is 8.39. The Hall–Kier alpha value is -2.77. The van der Waals surface area contributed by atoms with Crippen LogP contribution in [0.2, 0.25) is 0 Å². The van der Waals surface area contributed by atoms with E-state index in [4.69, 9.17) is 14.2 Å². The van der Waals surface area contributed by atoms with Gasteiger partial charge in [-0.3, -0.25) is 4.79 Å². The fourth-order valence-electron chi connectivity index (χ4n) is 3.54. The van der Waals surface area contributed by atoms with E-state index in [1.165, 1.54) is 6.33 Å². The average molecular weight is 403 g/mol. The Morgan fingerprint density at radius 2 is 1.86 bits per heavy atom. The summed E-state index contributed by atoms with van der Waals surface area (Å²) in [5, 5.41) is 0.460. The molecule has 1 fully saturated rings. The van der Waals surface area contributed by atoms with Crippen LogP contribution in [0.3, 0.4) is 0 Å². The van der Waals surface area contributed by atoms with E-state index in [1.54, 1.807) is 31.2 Å². The van der Waals surface area contributed by atoms with Crippen LogP contribution in [0, 0.1) is 0 Å². The zero-order valence-electron chi connectivity index (χ0n) is 17.7. The van der Waals surface area contributed by atoms with Gasteiger partial charge < -0.3 is 24.1 Å². The van der Waals surface area contributed by atoms with Gasteiger partial charge >= 0.3 is 6.09 Å². The fraction of sp³-hybridized carbons (Fsp3) is 0.571. The van der Waals surface area contributed by atoms with E-state index in [-0.39, 0.29) is 23.8 Å². The van der Waals surface area contributed by atoms with E-state index in [9.17, 15) is 9.59 Å². The molecule has 0 atom stereocenters. The average Bonchev–Trinajstić information content (AvgIpc) is 2.67. The highest BCUT2D eigenvalue weighted by atomic mass is 16.6. The van der Waals surface area contributed by atoms with Crippen molar-refractivity contribution in [1.29, 1.82) is 0 Å². The summed E-state index contributed by atoms with van der Waals surface area (Å²) >= 11 is 0. The molecule has 1 N–H and O–H groups in total. The summed E-state index contributed by atoms with van der Waals surface area (Å²) in [7, 11) is 3.35. The fourth-order valence-corrected chi connectivity index (χ4v) is 3.54. The number of amides is 1. The van der Waals surface area contributed by atoms with Gasteiger partial charge in [-0.2, -0.15) is 0 Å². The number of fused-ring (bicyclic) bond motifs is 1. The molecule has 0 spiro atoms. The van der Waals surface area contributed by atoms with Crippen molar-refractivity contribution >= 4 is 17.0 Å². The highest BCUT2D eigenvalue weighted by Gasteiger charge is 2.30. The Bertz CT molecular complexity index is 926. The second kappa shape index (κ2) is 8.31. The maximum atomic E-state index is 12.3. The Labute approximate surface area is 170 Å². The number of aromatic nitrogens is 2. The first-order valence-corrected chi connectivity index (χ1v) is 9.86. The van der Waals surface area contributed by atoms with E-state index in [0.717, 1.165) is 25.7 Å². The van der Waals surface area contributed by atoms with E-state index in [0.29, 0.717) is 22.4 Å². The molecule has 0 bridgehead atoms. The van der Waals surface area contributed by atoms with Gasteiger partial charge in [0.05, 0.1) is 30.4 Å². The zero-order valence-corrected chi connectivity index (χ0v) is 17.7. The summed E-state index contributed by atoms with van der Waals surface area (Å²) in [6.07, 6.45) is 4.28. The minimum absolute atomic E-state index is 0.0135. The number of carbonyl (C=O) groups is 1. The molecule has 2 aromatic rings. The number of hydrogen-bond acceptors (Lipinski definition) is 6. The van der Waals surface area contributed by atoms with Gasteiger partial charge in [0.15, 0.2) is 11.5 Å². The molecule has 1 saturated carbocycles. The van der Waals surface area contributed by atoms with Crippen molar-refractivity contribution in [3.05, 3.63) is 28.8 Å². The first-order chi connectivity index (χ1) is 13.7. The van der Waals surface area contributed by atoms with E-state index in [2.05, 4.69) is 9.97 Å². The molecule has 8 heteroatoms. The lowest BCUT2D eigenvalue weighted by Crippen LogP contribution is -2.43. The smallest absolute Gasteiger partial charge is 0.410 e. The maximum absolute atomic E-state index is 12.3. The highest BCUT2D eigenvalue weighted by molar-refractivity contribution is 5.81. The number of carbonyl (C=O) groups excluding carboxylic acids is 1. The number of aromatic amines is 1. The quantitative estimate of drug-likeness (QED) is 0.840. The van der Waals surface area contributed by atoms with Crippen LogP contribution in [-0.2, 0) is 4.74 Å². The van der Waals surface area contributed by atoms with Crippen molar-refractivity contribution in [2.75, 3.05) is 14.2 Å². The Kier molecular flexibility index (Phi) is 6.00. The van der Waals surface area contributed by atoms with E-state index < -0.39 is 5.60 Å². The van der Waals surface area contributed by atoms with Crippen molar-refractivity contribution in [2.24, 2.45) is 0 Å². The van der Waals surface area contributed by atoms with E-state index in [1.807, 2.05) is 20.8 Å². The topological polar surface area (TPSA) is 93.7 Å². The lowest BCUT2D eigenvalue weighted by molar-refractivity contribution is 0.0138. The molecule has 1 amide bonds. The molecule has 29 heavy (non-hydrogen) atoms. The minimum Gasteiger partial charge on any atom is -0.493 e. The van der Waals surface area contributed by atoms with Crippen molar-refractivity contribution in [1.82, 2.24) is 14.9 Å². The van der Waals surface area contributed by atoms with Gasteiger partial charge in [0.1, 0.15) is 5.60 Å². The molecule has 8 nitrogen and oxygen atoms in total. The Balaban J connectivity index is 1.66. The maximum Gasteiger partial charge on any atom is 0.410 e. The summed E-state index contributed by atoms with van der Waals surface area (Å²) < 4.78 is 17.1. The van der Waals surface area contributed by atoms with Crippen LogP contribution in [0.1, 0.15) is 46.5 Å². The molecule has 0 saturated heterocycles. The summed E-state index contributed by atoms with van der Waals surface area (Å²) in [5.74, 6) is 1.08. The van der Waals surface area contributed by atoms with Crippen molar-refractivity contribution in [3.8, 4) is 11.5 Å². The third kappa shape index (κ3) is 4.99. The molecule has 0 radical (unpaired) electrons. The number of methoxy groups -OCH3 is 1. The standard InChI is InChI=1S/C21H29N3O5/c1-21(2,3)29-20(26)24(4)13-6-8-14(9-7-13)28-18-10-15-16(11-17(18)27-5)22-12-23-19(15)25/h10-14H,6-9H2,1-5H3,(H,22,23,25)/t13-,14+. The SMILES string of the molecule is COc1cc2nc[nH]c(=O)c2cc1O[C@H]1CC[C@@H](N(C)C(=O)OC(C)(C)C)CC1. The van der Waals surface area contributed by atoms with Gasteiger partial charge in [-0.15, -0.1) is 0 Å². The lowest BCUT2D eigenvalue weighted by Gasteiger charge is -2.35. The molecular formula is C21H29N3O5. The molecule has 1 aromatic heterocycles.